The number of nitrogens with zero attached hydrogens (tertiary/aromatic N) is 3. The first kappa shape index (κ1) is 21.7. The minimum Gasteiger partial charge on any atom is -0.481 e. The molecule has 1 saturated carbocycles. The Morgan fingerprint density at radius 2 is 1.78 bits per heavy atom. The topological polar surface area (TPSA) is 52.0 Å². The van der Waals surface area contributed by atoms with E-state index in [1.165, 1.54) is 18.9 Å². The van der Waals surface area contributed by atoms with Crippen LogP contribution in [-0.4, -0.2) is 26.8 Å². The molecule has 168 valence electrons. The maximum absolute atomic E-state index is 15.2. The molecule has 0 spiro atoms. The molecule has 32 heavy (non-hydrogen) atoms. The van der Waals surface area contributed by atoms with Gasteiger partial charge in [-0.3, -0.25) is 4.57 Å². The van der Waals surface area contributed by atoms with E-state index in [0.29, 0.717) is 33.4 Å². The van der Waals surface area contributed by atoms with Crippen LogP contribution in [0.25, 0.3) is 5.69 Å². The minimum absolute atomic E-state index is 0.00507. The molecule has 0 amide bonds. The quantitative estimate of drug-likeness (QED) is 0.499. The Bertz CT molecular complexity index is 1140. The molecule has 0 saturated heterocycles. The van der Waals surface area contributed by atoms with Gasteiger partial charge in [-0.05, 0) is 62.9 Å². The molecule has 1 heterocycles. The van der Waals surface area contributed by atoms with Crippen molar-refractivity contribution < 1.29 is 9.13 Å². The Morgan fingerprint density at radius 3 is 2.47 bits per heavy atom. The summed E-state index contributed by atoms with van der Waals surface area (Å²) in [6.07, 6.45) is 5.11. The van der Waals surface area contributed by atoms with E-state index in [2.05, 4.69) is 15.5 Å². The first-order valence-electron chi connectivity index (χ1n) is 11.0. The van der Waals surface area contributed by atoms with Gasteiger partial charge in [-0.15, -0.1) is 10.2 Å². The molecule has 2 atom stereocenters. The van der Waals surface area contributed by atoms with Crippen LogP contribution in [0.2, 0.25) is 10.0 Å². The van der Waals surface area contributed by atoms with Crippen LogP contribution in [0.5, 0.6) is 5.75 Å². The normalized spacial score (nSPS) is 20.7. The fourth-order valence-corrected chi connectivity index (χ4v) is 5.61. The number of aryl methyl sites for hydroxylation is 2. The predicted octanol–water partition coefficient (Wildman–Crippen LogP) is 5.91. The summed E-state index contributed by atoms with van der Waals surface area (Å²) in [5.74, 6) is 1.16. The van der Waals surface area contributed by atoms with Crippen LogP contribution in [0, 0.1) is 19.7 Å². The Morgan fingerprint density at radius 1 is 1.06 bits per heavy atom. The Labute approximate surface area is 196 Å². The van der Waals surface area contributed by atoms with Gasteiger partial charge in [-0.2, -0.15) is 0 Å². The molecule has 1 fully saturated rings. The number of fused-ring (bicyclic) bond motifs is 1. The Kier molecular flexibility index (Phi) is 5.86. The van der Waals surface area contributed by atoms with Crippen molar-refractivity contribution in [2.75, 3.05) is 0 Å². The molecule has 2 aromatic carbocycles. The van der Waals surface area contributed by atoms with Crippen LogP contribution in [0.15, 0.2) is 30.3 Å². The number of nitrogens with one attached hydrogen (secondary N) is 1. The second-order valence-corrected chi connectivity index (χ2v) is 9.54. The standard InChI is InChI=1S/C24H25Cl2FN4O/c1-13-29-30-14(2)31(13)17-7-8-23(21(27)11-17)32-24-19-9-15(25)10-20(26)18(19)12-22(24)28-16-5-3-4-6-16/h7-11,16,22,24,28H,3-6,12H2,1-2H3/t22-,24-/m0/s1. The van der Waals surface area contributed by atoms with Crippen molar-refractivity contribution in [2.45, 2.75) is 64.1 Å². The van der Waals surface area contributed by atoms with Gasteiger partial charge in [0.15, 0.2) is 11.6 Å². The highest BCUT2D eigenvalue weighted by Crippen LogP contribution is 2.42. The lowest BCUT2D eigenvalue weighted by Crippen LogP contribution is -2.41. The summed E-state index contributed by atoms with van der Waals surface area (Å²) in [4.78, 5) is 0. The maximum atomic E-state index is 15.2. The minimum atomic E-state index is -0.434. The van der Waals surface area contributed by atoms with E-state index >= 15 is 4.39 Å². The molecule has 2 aliphatic carbocycles. The number of hydrogen-bond acceptors (Lipinski definition) is 4. The van der Waals surface area contributed by atoms with Crippen LogP contribution < -0.4 is 10.1 Å². The zero-order valence-electron chi connectivity index (χ0n) is 18.0. The van der Waals surface area contributed by atoms with Gasteiger partial charge in [-0.25, -0.2) is 4.39 Å². The zero-order chi connectivity index (χ0) is 22.4. The zero-order valence-corrected chi connectivity index (χ0v) is 19.5. The number of ether oxygens (including phenoxy) is 1. The molecule has 0 radical (unpaired) electrons. The van der Waals surface area contributed by atoms with Gasteiger partial charge in [0.05, 0.1) is 11.7 Å². The average Bonchev–Trinajstić information content (AvgIpc) is 3.45. The number of halogens is 3. The van der Waals surface area contributed by atoms with E-state index < -0.39 is 5.82 Å². The second kappa shape index (κ2) is 8.65. The third kappa shape index (κ3) is 4.00. The second-order valence-electron chi connectivity index (χ2n) is 8.70. The van der Waals surface area contributed by atoms with Crippen LogP contribution in [0.4, 0.5) is 4.39 Å². The molecular weight excluding hydrogens is 450 g/mol. The molecule has 8 heteroatoms. The number of aromatic nitrogens is 3. The summed E-state index contributed by atoms with van der Waals surface area (Å²) in [6.45, 7) is 3.68. The van der Waals surface area contributed by atoms with Gasteiger partial charge >= 0.3 is 0 Å². The van der Waals surface area contributed by atoms with Crippen molar-refractivity contribution in [2.24, 2.45) is 0 Å². The van der Waals surface area contributed by atoms with Gasteiger partial charge in [0, 0.05) is 27.7 Å². The van der Waals surface area contributed by atoms with E-state index in [1.54, 1.807) is 12.1 Å². The summed E-state index contributed by atoms with van der Waals surface area (Å²) >= 11 is 12.8. The van der Waals surface area contributed by atoms with Gasteiger partial charge in [0.25, 0.3) is 0 Å². The van der Waals surface area contributed by atoms with E-state index in [4.69, 9.17) is 27.9 Å². The van der Waals surface area contributed by atoms with E-state index in [1.807, 2.05) is 30.5 Å². The van der Waals surface area contributed by atoms with Crippen molar-refractivity contribution in [3.05, 3.63) is 69.0 Å². The summed E-state index contributed by atoms with van der Waals surface area (Å²) in [5, 5.41) is 13.0. The highest BCUT2D eigenvalue weighted by atomic mass is 35.5. The molecular formula is C24H25Cl2FN4O. The van der Waals surface area contributed by atoms with Gasteiger partial charge < -0.3 is 10.1 Å². The SMILES string of the molecule is Cc1nnc(C)n1-c1ccc(O[C@H]2c3cc(Cl)cc(Cl)c3C[C@@H]2NC2CCCC2)c(F)c1. The summed E-state index contributed by atoms with van der Waals surface area (Å²) in [7, 11) is 0. The first-order chi connectivity index (χ1) is 15.4. The fourth-order valence-electron chi connectivity index (χ4n) is 5.03. The smallest absolute Gasteiger partial charge is 0.167 e. The predicted molar refractivity (Wildman–Crippen MR) is 124 cm³/mol. The number of benzene rings is 2. The van der Waals surface area contributed by atoms with Gasteiger partial charge in [0.1, 0.15) is 17.8 Å². The Balaban J connectivity index is 1.46. The fraction of sp³-hybridized carbons (Fsp3) is 0.417. The van der Waals surface area contributed by atoms with E-state index in [0.717, 1.165) is 30.4 Å². The van der Waals surface area contributed by atoms with Crippen LogP contribution >= 0.6 is 23.2 Å². The highest BCUT2D eigenvalue weighted by molar-refractivity contribution is 6.35. The third-order valence-corrected chi connectivity index (χ3v) is 7.07. The first-order valence-corrected chi connectivity index (χ1v) is 11.8. The van der Waals surface area contributed by atoms with Gasteiger partial charge in [-0.1, -0.05) is 36.0 Å². The summed E-state index contributed by atoms with van der Waals surface area (Å²) < 4.78 is 23.3. The lowest BCUT2D eigenvalue weighted by Gasteiger charge is -2.26. The molecule has 0 bridgehead atoms. The van der Waals surface area contributed by atoms with Crippen molar-refractivity contribution >= 4 is 23.2 Å². The number of rotatable bonds is 5. The third-order valence-electron chi connectivity index (χ3n) is 6.51. The van der Waals surface area contributed by atoms with Crippen molar-refractivity contribution in [1.82, 2.24) is 20.1 Å². The maximum Gasteiger partial charge on any atom is 0.167 e. The van der Waals surface area contributed by atoms with Gasteiger partial charge in [0.2, 0.25) is 0 Å². The summed E-state index contributed by atoms with van der Waals surface area (Å²) in [6, 6.07) is 9.05. The molecule has 5 nitrogen and oxygen atoms in total. The largest absolute Gasteiger partial charge is 0.481 e. The lowest BCUT2D eigenvalue weighted by molar-refractivity contribution is 0.153. The Hall–Kier alpha value is -2.15. The van der Waals surface area contributed by atoms with Crippen LogP contribution in [-0.2, 0) is 6.42 Å². The number of hydrogen-bond donors (Lipinski definition) is 1. The highest BCUT2D eigenvalue weighted by Gasteiger charge is 2.38. The molecule has 0 unspecified atom stereocenters. The van der Waals surface area contributed by atoms with Crippen molar-refractivity contribution in [3.63, 3.8) is 0 Å². The molecule has 2 aliphatic rings. The monoisotopic (exact) mass is 474 g/mol. The van der Waals surface area contributed by atoms with E-state index in [9.17, 15) is 0 Å². The average molecular weight is 475 g/mol. The van der Waals surface area contributed by atoms with E-state index in [-0.39, 0.29) is 17.9 Å². The molecule has 1 N–H and O–H groups in total. The molecule has 0 aliphatic heterocycles. The van der Waals surface area contributed by atoms with Crippen molar-refractivity contribution in [1.29, 1.82) is 0 Å². The molecule has 1 aromatic heterocycles. The van der Waals surface area contributed by atoms with Crippen LogP contribution in [0.1, 0.15) is 54.6 Å². The van der Waals surface area contributed by atoms with Crippen molar-refractivity contribution in [3.8, 4) is 11.4 Å². The molecule has 3 aromatic rings. The van der Waals surface area contributed by atoms with Crippen LogP contribution in [0.3, 0.4) is 0 Å². The summed E-state index contributed by atoms with van der Waals surface area (Å²) in [5.41, 5.74) is 2.60. The lowest BCUT2D eigenvalue weighted by atomic mass is 10.1. The molecule has 5 rings (SSSR count).